The van der Waals surface area contributed by atoms with Crippen LogP contribution in [0, 0.1) is 0 Å². The molecule has 0 radical (unpaired) electrons. The molecule has 1 amide bonds. The molecule has 2 aromatic heterocycles. The molecule has 3 nitrogen and oxygen atoms in total. The van der Waals surface area contributed by atoms with Gasteiger partial charge >= 0.3 is 0 Å². The van der Waals surface area contributed by atoms with Crippen LogP contribution in [0.1, 0.15) is 17.1 Å². The Morgan fingerprint density at radius 2 is 2.29 bits per heavy atom. The van der Waals surface area contributed by atoms with Crippen LogP contribution in [0.3, 0.4) is 0 Å². The zero-order valence-electron chi connectivity index (χ0n) is 9.76. The molecule has 90 valence electrons. The summed E-state index contributed by atoms with van der Waals surface area (Å²) in [4.78, 5) is 14.8. The average molecular weight is 249 g/mol. The molecule has 2 heterocycles. The van der Waals surface area contributed by atoms with Crippen molar-refractivity contribution in [3.05, 3.63) is 46.5 Å². The van der Waals surface area contributed by atoms with Crippen molar-refractivity contribution in [3.63, 3.8) is 0 Å². The van der Waals surface area contributed by atoms with Gasteiger partial charge in [0.15, 0.2) is 0 Å². The molecule has 4 heteroatoms. The van der Waals surface area contributed by atoms with Crippen molar-refractivity contribution in [2.75, 3.05) is 7.05 Å². The van der Waals surface area contributed by atoms with E-state index in [1.807, 2.05) is 23.6 Å². The molecule has 0 unspecified atom stereocenters. The second-order valence-electron chi connectivity index (χ2n) is 3.91. The van der Waals surface area contributed by atoms with Crippen molar-refractivity contribution in [1.29, 1.82) is 0 Å². The van der Waals surface area contributed by atoms with E-state index in [4.69, 9.17) is 4.42 Å². The van der Waals surface area contributed by atoms with Crippen LogP contribution >= 0.6 is 11.3 Å². The minimum Gasteiger partial charge on any atom is -0.467 e. The van der Waals surface area contributed by atoms with Crippen LogP contribution in [0.4, 0.5) is 0 Å². The molecular formula is C13H15NO2S. The van der Waals surface area contributed by atoms with Crippen molar-refractivity contribution < 1.29 is 9.21 Å². The molecule has 0 bridgehead atoms. The summed E-state index contributed by atoms with van der Waals surface area (Å²) >= 11 is 1.69. The highest BCUT2D eigenvalue weighted by Crippen LogP contribution is 2.12. The van der Waals surface area contributed by atoms with Gasteiger partial charge in [0.25, 0.3) is 0 Å². The quantitative estimate of drug-likeness (QED) is 0.816. The number of thiophene rings is 1. The number of aryl methyl sites for hydroxylation is 1. The first-order valence-corrected chi connectivity index (χ1v) is 6.42. The molecule has 0 aliphatic heterocycles. The van der Waals surface area contributed by atoms with E-state index in [9.17, 15) is 4.79 Å². The van der Waals surface area contributed by atoms with Crippen molar-refractivity contribution in [2.45, 2.75) is 19.4 Å². The fraction of sp³-hybridized carbons (Fsp3) is 0.308. The van der Waals surface area contributed by atoms with Gasteiger partial charge in [0.1, 0.15) is 5.76 Å². The smallest absolute Gasteiger partial charge is 0.223 e. The average Bonchev–Trinajstić information content (AvgIpc) is 2.98. The summed E-state index contributed by atoms with van der Waals surface area (Å²) in [5, 5.41) is 2.03. The Kier molecular flexibility index (Phi) is 3.98. The summed E-state index contributed by atoms with van der Waals surface area (Å²) in [5.41, 5.74) is 0. The van der Waals surface area contributed by atoms with E-state index in [1.165, 1.54) is 4.88 Å². The van der Waals surface area contributed by atoms with Crippen molar-refractivity contribution in [2.24, 2.45) is 0 Å². The third-order valence-corrected chi connectivity index (χ3v) is 3.50. The number of hydrogen-bond acceptors (Lipinski definition) is 3. The molecule has 0 aliphatic rings. The second-order valence-corrected chi connectivity index (χ2v) is 4.94. The first kappa shape index (κ1) is 11.9. The molecule has 0 aliphatic carbocycles. The van der Waals surface area contributed by atoms with E-state index < -0.39 is 0 Å². The summed E-state index contributed by atoms with van der Waals surface area (Å²) in [6, 6.07) is 7.78. The Hall–Kier alpha value is -1.55. The van der Waals surface area contributed by atoms with Gasteiger partial charge in [0.05, 0.1) is 12.8 Å². The predicted octanol–water partition coefficient (Wildman–Crippen LogP) is 2.93. The lowest BCUT2D eigenvalue weighted by atomic mass is 10.2. The van der Waals surface area contributed by atoms with Crippen LogP contribution in [0.5, 0.6) is 0 Å². The Balaban J connectivity index is 1.79. The molecular weight excluding hydrogens is 234 g/mol. The maximum atomic E-state index is 11.9. The standard InChI is InChI=1S/C13H15NO2S/c1-14(10-11-4-2-8-16-11)13(15)7-6-12-5-3-9-17-12/h2-5,8-9H,6-7,10H2,1H3. The first-order valence-electron chi connectivity index (χ1n) is 5.54. The number of furan rings is 1. The van der Waals surface area contributed by atoms with Gasteiger partial charge < -0.3 is 9.32 Å². The highest BCUT2D eigenvalue weighted by atomic mass is 32.1. The van der Waals surface area contributed by atoms with Crippen molar-refractivity contribution >= 4 is 17.2 Å². The summed E-state index contributed by atoms with van der Waals surface area (Å²) in [6.07, 6.45) is 3.00. The maximum absolute atomic E-state index is 11.9. The lowest BCUT2D eigenvalue weighted by molar-refractivity contribution is -0.130. The highest BCUT2D eigenvalue weighted by molar-refractivity contribution is 7.09. The number of carbonyl (C=O) groups excluding carboxylic acids is 1. The highest BCUT2D eigenvalue weighted by Gasteiger charge is 2.10. The van der Waals surface area contributed by atoms with E-state index in [2.05, 4.69) is 6.07 Å². The third kappa shape index (κ3) is 3.46. The van der Waals surface area contributed by atoms with E-state index in [0.29, 0.717) is 13.0 Å². The minimum absolute atomic E-state index is 0.148. The van der Waals surface area contributed by atoms with E-state index in [-0.39, 0.29) is 5.91 Å². The summed E-state index contributed by atoms with van der Waals surface area (Å²) in [7, 11) is 1.80. The second kappa shape index (κ2) is 5.68. The normalized spacial score (nSPS) is 10.4. The molecule has 0 N–H and O–H groups in total. The van der Waals surface area contributed by atoms with E-state index in [1.54, 1.807) is 29.5 Å². The van der Waals surface area contributed by atoms with E-state index >= 15 is 0 Å². The predicted molar refractivity (Wildman–Crippen MR) is 67.8 cm³/mol. The third-order valence-electron chi connectivity index (χ3n) is 2.56. The minimum atomic E-state index is 0.148. The van der Waals surface area contributed by atoms with Gasteiger partial charge in [0.2, 0.25) is 5.91 Å². The van der Waals surface area contributed by atoms with Gasteiger partial charge in [-0.1, -0.05) is 6.07 Å². The van der Waals surface area contributed by atoms with Crippen LogP contribution in [0.2, 0.25) is 0 Å². The number of nitrogens with zero attached hydrogens (tertiary/aromatic N) is 1. The van der Waals surface area contributed by atoms with Crippen molar-refractivity contribution in [1.82, 2.24) is 4.90 Å². The lowest BCUT2D eigenvalue weighted by Gasteiger charge is -2.15. The molecule has 0 saturated carbocycles. The van der Waals surface area contributed by atoms with Crippen LogP contribution < -0.4 is 0 Å². The van der Waals surface area contributed by atoms with Crippen LogP contribution in [0.25, 0.3) is 0 Å². The summed E-state index contributed by atoms with van der Waals surface area (Å²) in [6.45, 7) is 0.538. The number of rotatable bonds is 5. The molecule has 0 saturated heterocycles. The van der Waals surface area contributed by atoms with Crippen LogP contribution in [-0.2, 0) is 17.8 Å². The number of carbonyl (C=O) groups is 1. The maximum Gasteiger partial charge on any atom is 0.223 e. The Morgan fingerprint density at radius 1 is 1.41 bits per heavy atom. The van der Waals surface area contributed by atoms with Gasteiger partial charge in [-0.3, -0.25) is 4.79 Å². The van der Waals surface area contributed by atoms with Crippen LogP contribution in [0.15, 0.2) is 40.3 Å². The Bertz CT molecular complexity index is 448. The van der Waals surface area contributed by atoms with Gasteiger partial charge in [-0.25, -0.2) is 0 Å². The van der Waals surface area contributed by atoms with Crippen LogP contribution in [-0.4, -0.2) is 17.9 Å². The fourth-order valence-electron chi connectivity index (χ4n) is 1.60. The Labute approximate surface area is 105 Å². The largest absolute Gasteiger partial charge is 0.467 e. The molecule has 2 rings (SSSR count). The Morgan fingerprint density at radius 3 is 2.94 bits per heavy atom. The SMILES string of the molecule is CN(Cc1ccco1)C(=O)CCc1cccs1. The van der Waals surface area contributed by atoms with E-state index in [0.717, 1.165) is 12.2 Å². The zero-order chi connectivity index (χ0) is 12.1. The zero-order valence-corrected chi connectivity index (χ0v) is 10.6. The number of amides is 1. The molecule has 0 aromatic carbocycles. The molecule has 0 spiro atoms. The monoisotopic (exact) mass is 249 g/mol. The summed E-state index contributed by atoms with van der Waals surface area (Å²) in [5.74, 6) is 0.965. The molecule has 17 heavy (non-hydrogen) atoms. The topological polar surface area (TPSA) is 33.5 Å². The van der Waals surface area contributed by atoms with Gasteiger partial charge in [-0.15, -0.1) is 11.3 Å². The number of hydrogen-bond donors (Lipinski definition) is 0. The van der Waals surface area contributed by atoms with Crippen molar-refractivity contribution in [3.8, 4) is 0 Å². The molecule has 0 fully saturated rings. The van der Waals surface area contributed by atoms with Gasteiger partial charge in [-0.2, -0.15) is 0 Å². The summed E-state index contributed by atoms with van der Waals surface area (Å²) < 4.78 is 5.21. The molecule has 2 aromatic rings. The first-order chi connectivity index (χ1) is 8.25. The molecule has 0 atom stereocenters. The lowest BCUT2D eigenvalue weighted by Crippen LogP contribution is -2.26. The fourth-order valence-corrected chi connectivity index (χ4v) is 2.31. The van der Waals surface area contributed by atoms with Gasteiger partial charge in [0, 0.05) is 18.3 Å². The van der Waals surface area contributed by atoms with Gasteiger partial charge in [-0.05, 0) is 30.0 Å².